The van der Waals surface area contributed by atoms with Crippen LogP contribution in [0.5, 0.6) is 11.8 Å². The number of likely N-dealkylation sites (tertiary alicyclic amines) is 1. The third-order valence-corrected chi connectivity index (χ3v) is 5.49. The molecule has 2 amide bonds. The van der Waals surface area contributed by atoms with E-state index in [0.717, 1.165) is 25.7 Å². The normalized spacial score (nSPS) is 20.5. The number of hydrogen-bond acceptors (Lipinski definition) is 6. The molecule has 3 heterocycles. The van der Waals surface area contributed by atoms with Gasteiger partial charge in [-0.2, -0.15) is 4.98 Å². The van der Waals surface area contributed by atoms with E-state index in [-0.39, 0.29) is 29.8 Å². The zero-order valence-electron chi connectivity index (χ0n) is 16.8. The van der Waals surface area contributed by atoms with Crippen molar-refractivity contribution in [1.29, 1.82) is 0 Å². The van der Waals surface area contributed by atoms with E-state index in [1.165, 1.54) is 14.2 Å². The molecular weight excluding hydrogens is 362 g/mol. The maximum Gasteiger partial charge on any atom is 0.259 e. The van der Waals surface area contributed by atoms with Gasteiger partial charge in [0.2, 0.25) is 17.7 Å². The lowest BCUT2D eigenvalue weighted by Crippen LogP contribution is -2.55. The summed E-state index contributed by atoms with van der Waals surface area (Å²) < 4.78 is 15.8. The fourth-order valence-corrected chi connectivity index (χ4v) is 4.17. The van der Waals surface area contributed by atoms with Crippen molar-refractivity contribution < 1.29 is 23.8 Å². The number of rotatable bonds is 5. The second-order valence-electron chi connectivity index (χ2n) is 7.23. The minimum Gasteiger partial charge on any atom is -0.481 e. The third kappa shape index (κ3) is 4.38. The molecule has 154 valence electrons. The van der Waals surface area contributed by atoms with Crippen molar-refractivity contribution in [2.75, 3.05) is 40.5 Å². The number of amides is 2. The van der Waals surface area contributed by atoms with Gasteiger partial charge in [-0.05, 0) is 31.7 Å². The number of ether oxygens (including phenoxy) is 3. The lowest BCUT2D eigenvalue weighted by Gasteiger charge is -2.44. The quantitative estimate of drug-likeness (QED) is 0.760. The zero-order chi connectivity index (χ0) is 20.1. The molecule has 2 saturated heterocycles. The van der Waals surface area contributed by atoms with Gasteiger partial charge in [0.25, 0.3) is 5.91 Å². The molecule has 0 bridgehead atoms. The second-order valence-corrected chi connectivity index (χ2v) is 7.23. The first kappa shape index (κ1) is 20.4. The molecule has 1 aromatic rings. The van der Waals surface area contributed by atoms with Crippen LogP contribution in [0.3, 0.4) is 0 Å². The Morgan fingerprint density at radius 2 is 1.89 bits per heavy atom. The van der Waals surface area contributed by atoms with Crippen LogP contribution >= 0.6 is 0 Å². The standard InChI is InChI=1S/C20H29N3O5/c1-14(24)23(15-8-11-28-12-9-15)16-5-4-10-22(13-16)20(25)17-6-7-18(26-2)21-19(17)27-3/h6-7,15-16H,4-5,8-13H2,1-3H3. The van der Waals surface area contributed by atoms with Crippen molar-refractivity contribution in [1.82, 2.24) is 14.8 Å². The van der Waals surface area contributed by atoms with Gasteiger partial charge in [-0.25, -0.2) is 0 Å². The van der Waals surface area contributed by atoms with E-state index < -0.39 is 0 Å². The first-order chi connectivity index (χ1) is 13.5. The summed E-state index contributed by atoms with van der Waals surface area (Å²) in [5.41, 5.74) is 0.407. The van der Waals surface area contributed by atoms with Crippen molar-refractivity contribution in [3.8, 4) is 11.8 Å². The molecular formula is C20H29N3O5. The van der Waals surface area contributed by atoms with E-state index in [1.807, 2.05) is 4.90 Å². The molecule has 2 aliphatic heterocycles. The molecule has 3 rings (SSSR count). The number of pyridine rings is 1. The number of aromatic nitrogens is 1. The number of hydrogen-bond donors (Lipinski definition) is 0. The summed E-state index contributed by atoms with van der Waals surface area (Å²) in [6.45, 7) is 4.15. The highest BCUT2D eigenvalue weighted by Gasteiger charge is 2.35. The van der Waals surface area contributed by atoms with Gasteiger partial charge in [0, 0.05) is 51.4 Å². The van der Waals surface area contributed by atoms with Gasteiger partial charge in [0.1, 0.15) is 5.56 Å². The van der Waals surface area contributed by atoms with E-state index in [2.05, 4.69) is 4.98 Å². The summed E-state index contributed by atoms with van der Waals surface area (Å²) >= 11 is 0. The Labute approximate surface area is 165 Å². The highest BCUT2D eigenvalue weighted by Crippen LogP contribution is 2.26. The van der Waals surface area contributed by atoms with Gasteiger partial charge in [-0.15, -0.1) is 0 Å². The molecule has 0 spiro atoms. The molecule has 28 heavy (non-hydrogen) atoms. The second kappa shape index (κ2) is 9.23. The van der Waals surface area contributed by atoms with Crippen molar-refractivity contribution in [3.05, 3.63) is 17.7 Å². The fourth-order valence-electron chi connectivity index (χ4n) is 4.17. The summed E-state index contributed by atoms with van der Waals surface area (Å²) in [5, 5.41) is 0. The van der Waals surface area contributed by atoms with Crippen LogP contribution in [0.2, 0.25) is 0 Å². The average molecular weight is 391 g/mol. The summed E-state index contributed by atoms with van der Waals surface area (Å²) in [4.78, 5) is 33.5. The minimum absolute atomic E-state index is 0.0236. The van der Waals surface area contributed by atoms with E-state index in [9.17, 15) is 9.59 Å². The summed E-state index contributed by atoms with van der Waals surface area (Å²) in [7, 11) is 3.01. The van der Waals surface area contributed by atoms with E-state index >= 15 is 0 Å². The molecule has 1 aromatic heterocycles. The van der Waals surface area contributed by atoms with Crippen LogP contribution in [-0.2, 0) is 9.53 Å². The molecule has 0 radical (unpaired) electrons. The SMILES string of the molecule is COc1ccc(C(=O)N2CCCC(N(C(C)=O)C3CCOCC3)C2)c(OC)n1. The third-order valence-electron chi connectivity index (χ3n) is 5.49. The van der Waals surface area contributed by atoms with E-state index in [4.69, 9.17) is 14.2 Å². The molecule has 8 heteroatoms. The molecule has 8 nitrogen and oxygen atoms in total. The lowest BCUT2D eigenvalue weighted by atomic mass is 9.98. The van der Waals surface area contributed by atoms with Crippen LogP contribution in [0.1, 0.15) is 43.0 Å². The van der Waals surface area contributed by atoms with Gasteiger partial charge >= 0.3 is 0 Å². The predicted molar refractivity (Wildman–Crippen MR) is 103 cm³/mol. The van der Waals surface area contributed by atoms with Crippen molar-refractivity contribution in [2.24, 2.45) is 0 Å². The van der Waals surface area contributed by atoms with Gasteiger partial charge in [0.05, 0.1) is 14.2 Å². The van der Waals surface area contributed by atoms with E-state index in [1.54, 1.807) is 24.0 Å². The number of carbonyl (C=O) groups is 2. The highest BCUT2D eigenvalue weighted by atomic mass is 16.5. The van der Waals surface area contributed by atoms with Crippen LogP contribution in [0.4, 0.5) is 0 Å². The summed E-state index contributed by atoms with van der Waals surface area (Å²) in [6, 6.07) is 3.54. The molecule has 1 unspecified atom stereocenters. The Morgan fingerprint density at radius 3 is 2.54 bits per heavy atom. The van der Waals surface area contributed by atoms with Gasteiger partial charge in [-0.1, -0.05) is 0 Å². The Kier molecular flexibility index (Phi) is 6.72. The maximum atomic E-state index is 13.1. The van der Waals surface area contributed by atoms with Crippen molar-refractivity contribution in [3.63, 3.8) is 0 Å². The number of methoxy groups -OCH3 is 2. The van der Waals surface area contributed by atoms with Crippen LogP contribution in [-0.4, -0.2) is 79.2 Å². The van der Waals surface area contributed by atoms with Gasteiger partial charge in [0.15, 0.2) is 0 Å². The van der Waals surface area contributed by atoms with Gasteiger partial charge in [-0.3, -0.25) is 9.59 Å². The Bertz CT molecular complexity index is 705. The molecule has 0 aliphatic carbocycles. The topological polar surface area (TPSA) is 81.2 Å². The fraction of sp³-hybridized carbons (Fsp3) is 0.650. The molecule has 2 fully saturated rings. The van der Waals surface area contributed by atoms with E-state index in [0.29, 0.717) is 37.7 Å². The largest absolute Gasteiger partial charge is 0.481 e. The smallest absolute Gasteiger partial charge is 0.259 e. The summed E-state index contributed by atoms with van der Waals surface area (Å²) in [6.07, 6.45) is 3.45. The minimum atomic E-state index is -0.132. The van der Waals surface area contributed by atoms with Crippen LogP contribution in [0.15, 0.2) is 12.1 Å². The lowest BCUT2D eigenvalue weighted by molar-refractivity contribution is -0.137. The summed E-state index contributed by atoms with van der Waals surface area (Å²) in [5.74, 6) is 0.577. The Morgan fingerprint density at radius 1 is 1.14 bits per heavy atom. The van der Waals surface area contributed by atoms with Crippen molar-refractivity contribution >= 4 is 11.8 Å². The number of piperidine rings is 1. The molecule has 0 saturated carbocycles. The first-order valence-electron chi connectivity index (χ1n) is 9.80. The van der Waals surface area contributed by atoms with Crippen molar-refractivity contribution in [2.45, 2.75) is 44.7 Å². The Balaban J connectivity index is 1.76. The predicted octanol–water partition coefficient (Wildman–Crippen LogP) is 1.73. The zero-order valence-corrected chi connectivity index (χ0v) is 16.8. The Hall–Kier alpha value is -2.35. The van der Waals surface area contributed by atoms with Crippen LogP contribution in [0.25, 0.3) is 0 Å². The number of nitrogens with zero attached hydrogens (tertiary/aromatic N) is 3. The monoisotopic (exact) mass is 391 g/mol. The average Bonchev–Trinajstić information content (AvgIpc) is 2.73. The number of carbonyl (C=O) groups excluding carboxylic acids is 2. The molecule has 2 aliphatic rings. The van der Waals surface area contributed by atoms with Crippen LogP contribution in [0, 0.1) is 0 Å². The highest BCUT2D eigenvalue weighted by molar-refractivity contribution is 5.96. The van der Waals surface area contributed by atoms with Crippen LogP contribution < -0.4 is 9.47 Å². The maximum absolute atomic E-state index is 13.1. The molecule has 1 atom stereocenters. The molecule has 0 aromatic carbocycles. The molecule has 0 N–H and O–H groups in total. The van der Waals surface area contributed by atoms with Gasteiger partial charge < -0.3 is 24.0 Å². The first-order valence-corrected chi connectivity index (χ1v) is 9.80.